The van der Waals surface area contributed by atoms with Gasteiger partial charge in [0, 0.05) is 18.9 Å². The number of sulfonamides is 1. The third-order valence-electron chi connectivity index (χ3n) is 2.81. The number of hydrogen-bond acceptors (Lipinski definition) is 4. The Hall–Kier alpha value is -1.21. The van der Waals surface area contributed by atoms with Crippen LogP contribution in [-0.2, 0) is 16.6 Å². The molecule has 0 N–H and O–H groups in total. The van der Waals surface area contributed by atoms with E-state index in [4.69, 9.17) is 23.2 Å². The molecule has 0 fully saturated rings. The molecule has 0 radical (unpaired) electrons. The first-order valence-electron chi connectivity index (χ1n) is 6.00. The number of halogens is 2. The van der Waals surface area contributed by atoms with E-state index in [0.29, 0.717) is 5.69 Å². The van der Waals surface area contributed by atoms with Gasteiger partial charge in [-0.05, 0) is 25.1 Å². The number of pyridine rings is 2. The molecule has 0 unspecified atom stereocenters. The lowest BCUT2D eigenvalue weighted by atomic mass is 10.3. The van der Waals surface area contributed by atoms with Gasteiger partial charge in [-0.15, -0.1) is 0 Å². The van der Waals surface area contributed by atoms with E-state index >= 15 is 0 Å². The molecule has 0 atom stereocenters. The molecule has 0 saturated heterocycles. The van der Waals surface area contributed by atoms with Crippen LogP contribution in [0.5, 0.6) is 0 Å². The molecule has 21 heavy (non-hydrogen) atoms. The third kappa shape index (κ3) is 3.71. The molecule has 2 heterocycles. The molecular weight excluding hydrogens is 333 g/mol. The number of hydrogen-bond donors (Lipinski definition) is 0. The highest BCUT2D eigenvalue weighted by Gasteiger charge is 2.22. The van der Waals surface area contributed by atoms with Gasteiger partial charge in [0.25, 0.3) is 0 Å². The molecule has 0 spiro atoms. The minimum Gasteiger partial charge on any atom is -0.257 e. The van der Waals surface area contributed by atoms with Crippen LogP contribution in [-0.4, -0.2) is 29.7 Å². The van der Waals surface area contributed by atoms with Crippen molar-refractivity contribution >= 4 is 33.2 Å². The van der Waals surface area contributed by atoms with Gasteiger partial charge in [-0.1, -0.05) is 29.3 Å². The molecule has 8 heteroatoms. The zero-order chi connectivity index (χ0) is 15.6. The van der Waals surface area contributed by atoms with Crippen molar-refractivity contribution in [3.05, 3.63) is 52.0 Å². The average molecular weight is 346 g/mol. The zero-order valence-electron chi connectivity index (χ0n) is 11.4. The highest BCUT2D eigenvalue weighted by molar-refractivity contribution is 7.89. The van der Waals surface area contributed by atoms with Crippen molar-refractivity contribution in [1.82, 2.24) is 14.3 Å². The van der Waals surface area contributed by atoms with Crippen LogP contribution in [0.15, 0.2) is 35.4 Å². The van der Waals surface area contributed by atoms with E-state index in [9.17, 15) is 8.42 Å². The van der Waals surface area contributed by atoms with Crippen LogP contribution >= 0.6 is 23.2 Å². The van der Waals surface area contributed by atoms with Crippen LogP contribution in [0.4, 0.5) is 0 Å². The zero-order valence-corrected chi connectivity index (χ0v) is 13.7. The molecule has 2 aromatic rings. The second-order valence-corrected chi connectivity index (χ2v) is 7.29. The monoisotopic (exact) mass is 345 g/mol. The van der Waals surface area contributed by atoms with Crippen LogP contribution in [0.2, 0.25) is 10.2 Å². The molecular formula is C13H13Cl2N3O2S. The van der Waals surface area contributed by atoms with Crippen molar-refractivity contribution in [3.63, 3.8) is 0 Å². The van der Waals surface area contributed by atoms with Crippen LogP contribution in [0.3, 0.4) is 0 Å². The lowest BCUT2D eigenvalue weighted by Gasteiger charge is -2.17. The van der Waals surface area contributed by atoms with E-state index in [0.717, 1.165) is 5.69 Å². The highest BCUT2D eigenvalue weighted by atomic mass is 35.5. The van der Waals surface area contributed by atoms with E-state index in [1.165, 1.54) is 23.6 Å². The number of aryl methyl sites for hydroxylation is 1. The molecule has 0 aromatic carbocycles. The molecule has 0 saturated carbocycles. The second kappa shape index (κ2) is 6.27. The van der Waals surface area contributed by atoms with Crippen molar-refractivity contribution in [1.29, 1.82) is 0 Å². The first kappa shape index (κ1) is 16.2. The maximum Gasteiger partial charge on any atom is 0.244 e. The largest absolute Gasteiger partial charge is 0.257 e. The van der Waals surface area contributed by atoms with E-state index in [1.807, 2.05) is 19.1 Å². The first-order chi connectivity index (χ1) is 9.80. The molecule has 2 rings (SSSR count). The molecule has 2 aromatic heterocycles. The Morgan fingerprint density at radius 1 is 1.29 bits per heavy atom. The summed E-state index contributed by atoms with van der Waals surface area (Å²) in [7, 11) is -2.23. The van der Waals surface area contributed by atoms with Gasteiger partial charge in [-0.25, -0.2) is 13.4 Å². The van der Waals surface area contributed by atoms with Gasteiger partial charge in [0.15, 0.2) is 0 Å². The standard InChI is InChI=1S/C13H13Cl2N3O2S/c1-9-4-3-5-10(17-9)8-18(2)21(19,20)11-6-12(14)13(15)16-7-11/h3-7H,8H2,1-2H3. The molecule has 112 valence electrons. The summed E-state index contributed by atoms with van der Waals surface area (Å²) < 4.78 is 26.1. The van der Waals surface area contributed by atoms with Crippen molar-refractivity contribution in [2.45, 2.75) is 18.4 Å². The number of aromatic nitrogens is 2. The Kier molecular flexibility index (Phi) is 4.83. The smallest absolute Gasteiger partial charge is 0.244 e. The van der Waals surface area contributed by atoms with Gasteiger partial charge in [0.2, 0.25) is 10.0 Å². The quantitative estimate of drug-likeness (QED) is 0.799. The molecule has 0 aliphatic rings. The summed E-state index contributed by atoms with van der Waals surface area (Å²) in [5.74, 6) is 0. The predicted molar refractivity (Wildman–Crippen MR) is 81.9 cm³/mol. The summed E-state index contributed by atoms with van der Waals surface area (Å²) in [6.45, 7) is 2.01. The summed E-state index contributed by atoms with van der Waals surface area (Å²) >= 11 is 11.5. The fourth-order valence-electron chi connectivity index (χ4n) is 1.73. The minimum atomic E-state index is -3.70. The van der Waals surface area contributed by atoms with Crippen molar-refractivity contribution in [2.75, 3.05) is 7.05 Å². The number of nitrogens with zero attached hydrogens (tertiary/aromatic N) is 3. The molecule has 5 nitrogen and oxygen atoms in total. The summed E-state index contributed by atoms with van der Waals surface area (Å²) in [4.78, 5) is 8.04. The maximum absolute atomic E-state index is 12.4. The minimum absolute atomic E-state index is 0.00736. The van der Waals surface area contributed by atoms with Crippen molar-refractivity contribution in [3.8, 4) is 0 Å². The van der Waals surface area contributed by atoms with Gasteiger partial charge in [-0.2, -0.15) is 4.31 Å². The Morgan fingerprint density at radius 3 is 2.62 bits per heavy atom. The van der Waals surface area contributed by atoms with E-state index in [1.54, 1.807) is 6.07 Å². The van der Waals surface area contributed by atoms with Crippen molar-refractivity contribution < 1.29 is 8.42 Å². The van der Waals surface area contributed by atoms with Gasteiger partial charge < -0.3 is 0 Å². The van der Waals surface area contributed by atoms with E-state index in [2.05, 4.69) is 9.97 Å². The van der Waals surface area contributed by atoms with Gasteiger partial charge in [0.1, 0.15) is 10.0 Å². The lowest BCUT2D eigenvalue weighted by Crippen LogP contribution is -2.27. The second-order valence-electron chi connectivity index (χ2n) is 4.48. The van der Waals surface area contributed by atoms with E-state index in [-0.39, 0.29) is 21.6 Å². The van der Waals surface area contributed by atoms with Gasteiger partial charge in [-0.3, -0.25) is 4.98 Å². The topological polar surface area (TPSA) is 63.2 Å². The summed E-state index contributed by atoms with van der Waals surface area (Å²) in [5.41, 5.74) is 1.49. The fraction of sp³-hybridized carbons (Fsp3) is 0.231. The van der Waals surface area contributed by atoms with Crippen molar-refractivity contribution in [2.24, 2.45) is 0 Å². The fourth-order valence-corrected chi connectivity index (χ4v) is 3.17. The van der Waals surface area contributed by atoms with E-state index < -0.39 is 10.0 Å². The molecule has 0 aliphatic heterocycles. The lowest BCUT2D eigenvalue weighted by molar-refractivity contribution is 0.461. The Labute approximate surface area is 133 Å². The molecule has 0 bridgehead atoms. The Morgan fingerprint density at radius 2 is 2.00 bits per heavy atom. The highest BCUT2D eigenvalue weighted by Crippen LogP contribution is 2.24. The SMILES string of the molecule is Cc1cccc(CN(C)S(=O)(=O)c2cnc(Cl)c(Cl)c2)n1. The van der Waals surface area contributed by atoms with Gasteiger partial charge >= 0.3 is 0 Å². The maximum atomic E-state index is 12.4. The molecule has 0 amide bonds. The predicted octanol–water partition coefficient (Wildman–Crippen LogP) is 2.91. The molecule has 0 aliphatic carbocycles. The van der Waals surface area contributed by atoms with Crippen LogP contribution in [0.25, 0.3) is 0 Å². The van der Waals surface area contributed by atoms with Crippen LogP contribution < -0.4 is 0 Å². The number of rotatable bonds is 4. The third-order valence-corrected chi connectivity index (χ3v) is 5.26. The summed E-state index contributed by atoms with van der Waals surface area (Å²) in [6.07, 6.45) is 1.18. The summed E-state index contributed by atoms with van der Waals surface area (Å²) in [6, 6.07) is 6.73. The Bertz CT molecular complexity index is 766. The normalized spacial score (nSPS) is 11.9. The first-order valence-corrected chi connectivity index (χ1v) is 8.20. The van der Waals surface area contributed by atoms with Crippen LogP contribution in [0.1, 0.15) is 11.4 Å². The summed E-state index contributed by atoms with van der Waals surface area (Å²) in [5, 5.41) is 0.165. The Balaban J connectivity index is 2.28. The van der Waals surface area contributed by atoms with Crippen LogP contribution in [0, 0.1) is 6.92 Å². The van der Waals surface area contributed by atoms with Gasteiger partial charge in [0.05, 0.1) is 17.3 Å². The average Bonchev–Trinajstić information content (AvgIpc) is 2.41.